The summed E-state index contributed by atoms with van der Waals surface area (Å²) >= 11 is 12.7. The lowest BCUT2D eigenvalue weighted by Crippen LogP contribution is -2.50. The highest BCUT2D eigenvalue weighted by Crippen LogP contribution is 2.27. The van der Waals surface area contributed by atoms with E-state index in [1.165, 1.54) is 10.5 Å². The fourth-order valence-electron chi connectivity index (χ4n) is 4.11. The highest BCUT2D eigenvalue weighted by Gasteiger charge is 2.29. The van der Waals surface area contributed by atoms with Crippen molar-refractivity contribution in [2.45, 2.75) is 77.4 Å². The molecule has 0 aliphatic heterocycles. The fraction of sp³-hybridized carbons (Fsp3) is 0.481. The normalized spacial score (nSPS) is 15.1. The molecule has 0 unspecified atom stereocenters. The zero-order valence-corrected chi connectivity index (χ0v) is 21.9. The van der Waals surface area contributed by atoms with Gasteiger partial charge in [-0.25, -0.2) is 0 Å². The van der Waals surface area contributed by atoms with Crippen molar-refractivity contribution < 1.29 is 14.3 Å². The van der Waals surface area contributed by atoms with E-state index in [2.05, 4.69) is 26.1 Å². The standard InChI is InChI=1S/C27H34Cl2N2O3/c1-18(26(33)30-20-8-5-6-9-20)31(16-22-23(28)10-7-11-24(22)29)25(32)17-34-21-14-12-19(13-15-21)27(2,3)4/h7,10-15,18,20H,5-6,8-9,16-17H2,1-4H3,(H,30,33)/t18-/m0/s1. The van der Waals surface area contributed by atoms with Crippen molar-refractivity contribution in [2.24, 2.45) is 0 Å². The first-order valence-electron chi connectivity index (χ1n) is 11.8. The Kier molecular flexibility index (Phi) is 8.89. The first-order valence-corrected chi connectivity index (χ1v) is 12.6. The van der Waals surface area contributed by atoms with Gasteiger partial charge in [-0.05, 0) is 55.0 Å². The molecule has 1 fully saturated rings. The van der Waals surface area contributed by atoms with Gasteiger partial charge in [0.1, 0.15) is 11.8 Å². The van der Waals surface area contributed by atoms with Gasteiger partial charge in [0.05, 0.1) is 0 Å². The first-order chi connectivity index (χ1) is 16.1. The van der Waals surface area contributed by atoms with Crippen LogP contribution in [0.4, 0.5) is 0 Å². The molecule has 1 saturated carbocycles. The van der Waals surface area contributed by atoms with Gasteiger partial charge in [0.25, 0.3) is 5.91 Å². The van der Waals surface area contributed by atoms with Crippen LogP contribution < -0.4 is 10.1 Å². The predicted molar refractivity (Wildman–Crippen MR) is 138 cm³/mol. The molecule has 0 spiro atoms. The zero-order valence-electron chi connectivity index (χ0n) is 20.4. The van der Waals surface area contributed by atoms with Crippen LogP contribution in [0.15, 0.2) is 42.5 Å². The number of amides is 2. The Morgan fingerprint density at radius 1 is 1.06 bits per heavy atom. The summed E-state index contributed by atoms with van der Waals surface area (Å²) in [6.45, 7) is 8.07. The Morgan fingerprint density at radius 3 is 2.21 bits per heavy atom. The van der Waals surface area contributed by atoms with Crippen LogP contribution in [-0.2, 0) is 21.5 Å². The lowest BCUT2D eigenvalue weighted by Gasteiger charge is -2.30. The fourth-order valence-corrected chi connectivity index (χ4v) is 4.62. The number of nitrogens with zero attached hydrogens (tertiary/aromatic N) is 1. The molecule has 2 aromatic rings. The van der Waals surface area contributed by atoms with Crippen LogP contribution >= 0.6 is 23.2 Å². The lowest BCUT2D eigenvalue weighted by molar-refractivity contribution is -0.142. The van der Waals surface area contributed by atoms with E-state index in [1.807, 2.05) is 24.3 Å². The topological polar surface area (TPSA) is 58.6 Å². The van der Waals surface area contributed by atoms with E-state index in [0.717, 1.165) is 25.7 Å². The van der Waals surface area contributed by atoms with Crippen molar-refractivity contribution >= 4 is 35.0 Å². The molecule has 0 bridgehead atoms. The summed E-state index contributed by atoms with van der Waals surface area (Å²) < 4.78 is 5.79. The summed E-state index contributed by atoms with van der Waals surface area (Å²) in [6.07, 6.45) is 4.16. The Hall–Kier alpha value is -2.24. The van der Waals surface area contributed by atoms with Crippen molar-refractivity contribution in [3.8, 4) is 5.75 Å². The second-order valence-corrected chi connectivity index (χ2v) is 10.8. The molecular weight excluding hydrogens is 471 g/mol. The molecule has 34 heavy (non-hydrogen) atoms. The van der Waals surface area contributed by atoms with Crippen LogP contribution in [-0.4, -0.2) is 35.4 Å². The van der Waals surface area contributed by atoms with E-state index in [-0.39, 0.29) is 36.4 Å². The Balaban J connectivity index is 1.74. The summed E-state index contributed by atoms with van der Waals surface area (Å²) in [5, 5.41) is 3.99. The Labute approximate surface area is 212 Å². The number of ether oxygens (including phenoxy) is 1. The average Bonchev–Trinajstić information content (AvgIpc) is 3.29. The van der Waals surface area contributed by atoms with E-state index >= 15 is 0 Å². The molecule has 5 nitrogen and oxygen atoms in total. The van der Waals surface area contributed by atoms with Crippen molar-refractivity contribution in [3.63, 3.8) is 0 Å². The molecule has 7 heteroatoms. The molecule has 0 aromatic heterocycles. The van der Waals surface area contributed by atoms with Crippen LogP contribution in [0.1, 0.15) is 64.5 Å². The Morgan fingerprint density at radius 2 is 1.65 bits per heavy atom. The Bertz CT molecular complexity index is 976. The predicted octanol–water partition coefficient (Wildman–Crippen LogP) is 6.15. The molecule has 1 aliphatic carbocycles. The van der Waals surface area contributed by atoms with Crippen molar-refractivity contribution in [2.75, 3.05) is 6.61 Å². The minimum atomic E-state index is -0.702. The minimum Gasteiger partial charge on any atom is -0.484 e. The van der Waals surface area contributed by atoms with Crippen molar-refractivity contribution in [1.29, 1.82) is 0 Å². The SMILES string of the molecule is C[C@@H](C(=O)NC1CCCC1)N(Cc1c(Cl)cccc1Cl)C(=O)COc1ccc(C(C)(C)C)cc1. The van der Waals surface area contributed by atoms with Gasteiger partial charge >= 0.3 is 0 Å². The molecular formula is C27H34Cl2N2O3. The number of hydrogen-bond donors (Lipinski definition) is 1. The summed E-state index contributed by atoms with van der Waals surface area (Å²) in [4.78, 5) is 27.8. The molecule has 0 saturated heterocycles. The second kappa shape index (κ2) is 11.5. The van der Waals surface area contributed by atoms with Gasteiger partial charge in [-0.2, -0.15) is 0 Å². The number of rotatable bonds is 8. The van der Waals surface area contributed by atoms with Gasteiger partial charge in [0.2, 0.25) is 5.91 Å². The largest absolute Gasteiger partial charge is 0.484 e. The minimum absolute atomic E-state index is 0.0292. The molecule has 3 rings (SSSR count). The van der Waals surface area contributed by atoms with E-state index in [1.54, 1.807) is 25.1 Å². The third kappa shape index (κ3) is 6.89. The zero-order chi connectivity index (χ0) is 24.9. The van der Waals surface area contributed by atoms with Gasteiger partial charge in [-0.3, -0.25) is 9.59 Å². The quantitative estimate of drug-likeness (QED) is 0.469. The van der Waals surface area contributed by atoms with E-state index < -0.39 is 6.04 Å². The maximum Gasteiger partial charge on any atom is 0.261 e. The van der Waals surface area contributed by atoms with E-state index in [9.17, 15) is 9.59 Å². The molecule has 1 aliphatic rings. The first kappa shape index (κ1) is 26.4. The van der Waals surface area contributed by atoms with Crippen LogP contribution in [0.5, 0.6) is 5.75 Å². The highest BCUT2D eigenvalue weighted by molar-refractivity contribution is 6.36. The number of benzene rings is 2. The van der Waals surface area contributed by atoms with Gasteiger partial charge in [0.15, 0.2) is 6.61 Å². The summed E-state index contributed by atoms with van der Waals surface area (Å²) in [6, 6.07) is 12.4. The van der Waals surface area contributed by atoms with Crippen molar-refractivity contribution in [1.82, 2.24) is 10.2 Å². The number of halogens is 2. The van der Waals surface area contributed by atoms with Crippen LogP contribution in [0.2, 0.25) is 10.0 Å². The summed E-state index contributed by atoms with van der Waals surface area (Å²) in [7, 11) is 0. The smallest absolute Gasteiger partial charge is 0.261 e. The highest BCUT2D eigenvalue weighted by atomic mass is 35.5. The molecule has 2 aromatic carbocycles. The number of hydrogen-bond acceptors (Lipinski definition) is 3. The third-order valence-corrected chi connectivity index (χ3v) is 7.05. The van der Waals surface area contributed by atoms with Gasteiger partial charge in [0, 0.05) is 28.2 Å². The molecule has 0 heterocycles. The maximum absolute atomic E-state index is 13.3. The molecule has 1 atom stereocenters. The van der Waals surface area contributed by atoms with Gasteiger partial charge in [-0.1, -0.05) is 75.0 Å². The molecule has 184 valence electrons. The summed E-state index contributed by atoms with van der Waals surface area (Å²) in [5.41, 5.74) is 1.81. The van der Waals surface area contributed by atoms with Crippen LogP contribution in [0, 0.1) is 0 Å². The van der Waals surface area contributed by atoms with E-state index in [4.69, 9.17) is 27.9 Å². The third-order valence-electron chi connectivity index (χ3n) is 6.34. The summed E-state index contributed by atoms with van der Waals surface area (Å²) in [5.74, 6) is 0.100. The second-order valence-electron chi connectivity index (χ2n) is 9.95. The van der Waals surface area contributed by atoms with E-state index in [0.29, 0.717) is 21.4 Å². The average molecular weight is 505 g/mol. The lowest BCUT2D eigenvalue weighted by atomic mass is 9.87. The monoisotopic (exact) mass is 504 g/mol. The molecule has 2 amide bonds. The number of carbonyl (C=O) groups excluding carboxylic acids is 2. The van der Waals surface area contributed by atoms with Crippen molar-refractivity contribution in [3.05, 3.63) is 63.6 Å². The van der Waals surface area contributed by atoms with Crippen LogP contribution in [0.25, 0.3) is 0 Å². The van der Waals surface area contributed by atoms with Crippen LogP contribution in [0.3, 0.4) is 0 Å². The molecule has 0 radical (unpaired) electrons. The van der Waals surface area contributed by atoms with Gasteiger partial charge in [-0.15, -0.1) is 0 Å². The number of nitrogens with one attached hydrogen (secondary N) is 1. The molecule has 1 N–H and O–H groups in total. The van der Waals surface area contributed by atoms with Gasteiger partial charge < -0.3 is 15.0 Å². The maximum atomic E-state index is 13.3. The number of carbonyl (C=O) groups is 2.